The summed E-state index contributed by atoms with van der Waals surface area (Å²) < 4.78 is 2.03. The molecular formula is C20H29N5. The molecule has 1 N–H and O–H groups in total. The van der Waals surface area contributed by atoms with Crippen LogP contribution in [0.1, 0.15) is 36.7 Å². The third-order valence-electron chi connectivity index (χ3n) is 5.03. The van der Waals surface area contributed by atoms with Crippen molar-refractivity contribution in [2.24, 2.45) is 10.9 Å². The van der Waals surface area contributed by atoms with Gasteiger partial charge in [-0.05, 0) is 44.7 Å². The predicted molar refractivity (Wildman–Crippen MR) is 103 cm³/mol. The smallest absolute Gasteiger partial charge is 0.193 e. The Morgan fingerprint density at radius 2 is 2.04 bits per heavy atom. The van der Waals surface area contributed by atoms with Gasteiger partial charge in [0, 0.05) is 37.9 Å². The standard InChI is InChI=1S/C20H29N5/c1-15-9-8-12-24(14-15)20(21-4)22-13-19-16(2)23-25(17(19)3)18-10-6-5-7-11-18/h5-7,10-11,15H,8-9,12-14H2,1-4H3,(H,21,22). The predicted octanol–water partition coefficient (Wildman–Crippen LogP) is 3.30. The normalized spacial score (nSPS) is 18.5. The summed E-state index contributed by atoms with van der Waals surface area (Å²) in [5.74, 6) is 1.73. The number of aliphatic imine (C=N–C) groups is 1. The minimum absolute atomic E-state index is 0.733. The zero-order valence-electron chi connectivity index (χ0n) is 15.8. The molecule has 3 rings (SSSR count). The molecule has 0 radical (unpaired) electrons. The molecule has 0 saturated carbocycles. The molecule has 1 atom stereocenters. The van der Waals surface area contributed by atoms with Crippen LogP contribution in [0.2, 0.25) is 0 Å². The molecule has 0 aliphatic carbocycles. The first-order chi connectivity index (χ1) is 12.1. The Kier molecular flexibility index (Phi) is 5.41. The van der Waals surface area contributed by atoms with Crippen LogP contribution in [0.5, 0.6) is 0 Å². The minimum atomic E-state index is 0.733. The van der Waals surface area contributed by atoms with Crippen LogP contribution in [0.4, 0.5) is 0 Å². The second kappa shape index (κ2) is 7.72. The van der Waals surface area contributed by atoms with E-state index in [1.54, 1.807) is 0 Å². The van der Waals surface area contributed by atoms with Gasteiger partial charge in [0.1, 0.15) is 0 Å². The highest BCUT2D eigenvalue weighted by atomic mass is 15.3. The van der Waals surface area contributed by atoms with Crippen LogP contribution in [0, 0.1) is 19.8 Å². The average molecular weight is 339 g/mol. The Balaban J connectivity index is 1.74. The molecular weight excluding hydrogens is 310 g/mol. The molecule has 1 aromatic carbocycles. The SMILES string of the molecule is CN=C(NCc1c(C)nn(-c2ccccc2)c1C)N1CCCC(C)C1. The fourth-order valence-electron chi connectivity index (χ4n) is 3.63. The summed E-state index contributed by atoms with van der Waals surface area (Å²) in [6, 6.07) is 10.3. The van der Waals surface area contributed by atoms with E-state index >= 15 is 0 Å². The van der Waals surface area contributed by atoms with Gasteiger partial charge in [0.15, 0.2) is 5.96 Å². The van der Waals surface area contributed by atoms with E-state index < -0.39 is 0 Å². The molecule has 0 bridgehead atoms. The molecule has 0 amide bonds. The van der Waals surface area contributed by atoms with E-state index in [-0.39, 0.29) is 0 Å². The maximum absolute atomic E-state index is 4.73. The molecule has 5 heteroatoms. The lowest BCUT2D eigenvalue weighted by Gasteiger charge is -2.33. The Morgan fingerprint density at radius 3 is 2.72 bits per heavy atom. The minimum Gasteiger partial charge on any atom is -0.352 e. The van der Waals surface area contributed by atoms with E-state index in [1.165, 1.54) is 24.1 Å². The van der Waals surface area contributed by atoms with Gasteiger partial charge in [-0.15, -0.1) is 0 Å². The van der Waals surface area contributed by atoms with Crippen molar-refractivity contribution in [2.75, 3.05) is 20.1 Å². The largest absolute Gasteiger partial charge is 0.352 e. The second-order valence-corrected chi connectivity index (χ2v) is 6.99. The summed E-state index contributed by atoms with van der Waals surface area (Å²) in [5.41, 5.74) is 4.59. The summed E-state index contributed by atoms with van der Waals surface area (Å²) in [7, 11) is 1.87. The number of nitrogens with zero attached hydrogens (tertiary/aromatic N) is 4. The fourth-order valence-corrected chi connectivity index (χ4v) is 3.63. The van der Waals surface area contributed by atoms with Crippen molar-refractivity contribution in [2.45, 2.75) is 40.2 Å². The molecule has 1 fully saturated rings. The number of rotatable bonds is 3. The second-order valence-electron chi connectivity index (χ2n) is 6.99. The van der Waals surface area contributed by atoms with E-state index in [1.807, 2.05) is 29.9 Å². The van der Waals surface area contributed by atoms with E-state index in [0.29, 0.717) is 0 Å². The number of hydrogen-bond acceptors (Lipinski definition) is 2. The third-order valence-corrected chi connectivity index (χ3v) is 5.03. The molecule has 0 spiro atoms. The van der Waals surface area contributed by atoms with Gasteiger partial charge in [0.25, 0.3) is 0 Å². The Labute approximate surface area is 150 Å². The number of aryl methyl sites for hydroxylation is 1. The summed E-state index contributed by atoms with van der Waals surface area (Å²) in [4.78, 5) is 6.87. The highest BCUT2D eigenvalue weighted by Crippen LogP contribution is 2.19. The zero-order valence-corrected chi connectivity index (χ0v) is 15.8. The molecule has 1 aliphatic rings. The van der Waals surface area contributed by atoms with E-state index in [0.717, 1.165) is 42.9 Å². The van der Waals surface area contributed by atoms with Crippen LogP contribution >= 0.6 is 0 Å². The van der Waals surface area contributed by atoms with Crippen LogP contribution in [-0.2, 0) is 6.54 Å². The van der Waals surface area contributed by atoms with Gasteiger partial charge < -0.3 is 10.2 Å². The zero-order chi connectivity index (χ0) is 17.8. The summed E-state index contributed by atoms with van der Waals surface area (Å²) in [6.07, 6.45) is 2.56. The van der Waals surface area contributed by atoms with Crippen LogP contribution in [0.25, 0.3) is 5.69 Å². The molecule has 1 saturated heterocycles. The number of piperidine rings is 1. The van der Waals surface area contributed by atoms with Gasteiger partial charge in [-0.25, -0.2) is 4.68 Å². The van der Waals surface area contributed by atoms with Crippen molar-refractivity contribution in [3.05, 3.63) is 47.3 Å². The lowest BCUT2D eigenvalue weighted by Crippen LogP contribution is -2.46. The monoisotopic (exact) mass is 339 g/mol. The molecule has 134 valence electrons. The number of aromatic nitrogens is 2. The van der Waals surface area contributed by atoms with Crippen molar-refractivity contribution in [1.82, 2.24) is 20.0 Å². The highest BCUT2D eigenvalue weighted by molar-refractivity contribution is 5.80. The number of hydrogen-bond donors (Lipinski definition) is 1. The van der Waals surface area contributed by atoms with Crippen molar-refractivity contribution >= 4 is 5.96 Å². The number of para-hydroxylation sites is 1. The van der Waals surface area contributed by atoms with Gasteiger partial charge in [0.05, 0.1) is 11.4 Å². The number of likely N-dealkylation sites (tertiary alicyclic amines) is 1. The van der Waals surface area contributed by atoms with Crippen molar-refractivity contribution in [3.8, 4) is 5.69 Å². The van der Waals surface area contributed by atoms with Crippen molar-refractivity contribution in [1.29, 1.82) is 0 Å². The van der Waals surface area contributed by atoms with Gasteiger partial charge in [-0.3, -0.25) is 4.99 Å². The molecule has 2 aromatic rings. The quantitative estimate of drug-likeness (QED) is 0.689. The number of nitrogens with one attached hydrogen (secondary N) is 1. The van der Waals surface area contributed by atoms with Crippen LogP contribution < -0.4 is 5.32 Å². The maximum atomic E-state index is 4.73. The molecule has 1 aliphatic heterocycles. The molecule has 1 unspecified atom stereocenters. The van der Waals surface area contributed by atoms with Crippen LogP contribution in [-0.4, -0.2) is 40.8 Å². The third kappa shape index (κ3) is 3.86. The van der Waals surface area contributed by atoms with Crippen LogP contribution in [0.15, 0.2) is 35.3 Å². The summed E-state index contributed by atoms with van der Waals surface area (Å²) in [6.45, 7) is 9.46. The van der Waals surface area contributed by atoms with Crippen molar-refractivity contribution < 1.29 is 0 Å². The molecule has 1 aromatic heterocycles. The van der Waals surface area contributed by atoms with Gasteiger partial charge in [-0.1, -0.05) is 25.1 Å². The molecule has 25 heavy (non-hydrogen) atoms. The Bertz CT molecular complexity index is 732. The van der Waals surface area contributed by atoms with E-state index in [9.17, 15) is 0 Å². The van der Waals surface area contributed by atoms with E-state index in [2.05, 4.69) is 48.1 Å². The Morgan fingerprint density at radius 1 is 1.28 bits per heavy atom. The van der Waals surface area contributed by atoms with Gasteiger partial charge in [0.2, 0.25) is 0 Å². The number of guanidine groups is 1. The van der Waals surface area contributed by atoms with Crippen molar-refractivity contribution in [3.63, 3.8) is 0 Å². The first-order valence-electron chi connectivity index (χ1n) is 9.16. The fraction of sp³-hybridized carbons (Fsp3) is 0.500. The first kappa shape index (κ1) is 17.5. The lowest BCUT2D eigenvalue weighted by atomic mass is 10.0. The summed E-state index contributed by atoms with van der Waals surface area (Å²) >= 11 is 0. The highest BCUT2D eigenvalue weighted by Gasteiger charge is 2.20. The lowest BCUT2D eigenvalue weighted by molar-refractivity contribution is 0.266. The summed E-state index contributed by atoms with van der Waals surface area (Å²) in [5, 5.41) is 8.28. The maximum Gasteiger partial charge on any atom is 0.193 e. The van der Waals surface area contributed by atoms with E-state index in [4.69, 9.17) is 5.10 Å². The molecule has 5 nitrogen and oxygen atoms in total. The average Bonchev–Trinajstić information content (AvgIpc) is 2.91. The van der Waals surface area contributed by atoms with Crippen LogP contribution in [0.3, 0.4) is 0 Å². The Hall–Kier alpha value is -2.30. The first-order valence-corrected chi connectivity index (χ1v) is 9.16. The molecule has 2 heterocycles. The van der Waals surface area contributed by atoms with Gasteiger partial charge in [-0.2, -0.15) is 5.10 Å². The number of benzene rings is 1. The topological polar surface area (TPSA) is 45.5 Å². The van der Waals surface area contributed by atoms with Gasteiger partial charge >= 0.3 is 0 Å².